The Labute approximate surface area is 114 Å². The Bertz CT molecular complexity index is 505. The molecular weight excluding hydrogens is 272 g/mol. The number of carbonyl (C=O) groups excluding carboxylic acids is 1. The number of halogens is 2. The van der Waals surface area contributed by atoms with E-state index in [4.69, 9.17) is 9.84 Å². The van der Waals surface area contributed by atoms with E-state index in [9.17, 15) is 18.4 Å². The van der Waals surface area contributed by atoms with Gasteiger partial charge in [-0.2, -0.15) is 0 Å². The molecule has 0 saturated carbocycles. The van der Waals surface area contributed by atoms with Gasteiger partial charge in [-0.3, -0.25) is 0 Å². The predicted octanol–water partition coefficient (Wildman–Crippen LogP) is 2.30. The number of carbonyl (C=O) groups is 2. The highest BCUT2D eigenvalue weighted by Crippen LogP contribution is 2.11. The monoisotopic (exact) mass is 287 g/mol. The molecule has 0 aliphatic heterocycles. The van der Waals surface area contributed by atoms with E-state index in [-0.39, 0.29) is 11.5 Å². The number of ether oxygens (including phenoxy) is 1. The lowest BCUT2D eigenvalue weighted by Crippen LogP contribution is -2.44. The SMILES string of the molecule is CC(C)[C@H](NC(=O)OCc1ccc(F)cc1F)C(=O)O. The van der Waals surface area contributed by atoms with Crippen molar-refractivity contribution in [2.75, 3.05) is 0 Å². The van der Waals surface area contributed by atoms with Crippen LogP contribution in [0.15, 0.2) is 18.2 Å². The first-order valence-electron chi connectivity index (χ1n) is 5.91. The van der Waals surface area contributed by atoms with E-state index in [0.717, 1.165) is 12.1 Å². The van der Waals surface area contributed by atoms with E-state index in [1.807, 2.05) is 0 Å². The first kappa shape index (κ1) is 15.9. The number of carboxylic acids is 1. The predicted molar refractivity (Wildman–Crippen MR) is 65.9 cm³/mol. The first-order valence-corrected chi connectivity index (χ1v) is 5.91. The molecule has 1 aromatic carbocycles. The number of hydrogen-bond donors (Lipinski definition) is 2. The number of alkyl carbamates (subject to hydrolysis) is 1. The number of aliphatic carboxylic acids is 1. The van der Waals surface area contributed by atoms with Crippen molar-refractivity contribution in [2.45, 2.75) is 26.5 Å². The maximum absolute atomic E-state index is 13.3. The maximum atomic E-state index is 13.3. The van der Waals surface area contributed by atoms with Crippen molar-refractivity contribution in [3.05, 3.63) is 35.4 Å². The van der Waals surface area contributed by atoms with Gasteiger partial charge in [0.25, 0.3) is 0 Å². The van der Waals surface area contributed by atoms with Gasteiger partial charge in [0.1, 0.15) is 24.3 Å². The minimum Gasteiger partial charge on any atom is -0.480 e. The topological polar surface area (TPSA) is 75.6 Å². The average Bonchev–Trinajstić information content (AvgIpc) is 2.34. The molecule has 0 saturated heterocycles. The molecule has 0 unspecified atom stereocenters. The normalized spacial score (nSPS) is 12.1. The Morgan fingerprint density at radius 2 is 2.00 bits per heavy atom. The van der Waals surface area contributed by atoms with Crippen molar-refractivity contribution in [1.82, 2.24) is 5.32 Å². The number of carboxylic acid groups (broad SMARTS) is 1. The van der Waals surface area contributed by atoms with E-state index in [1.54, 1.807) is 13.8 Å². The van der Waals surface area contributed by atoms with Gasteiger partial charge in [-0.25, -0.2) is 18.4 Å². The molecule has 5 nitrogen and oxygen atoms in total. The Morgan fingerprint density at radius 3 is 2.50 bits per heavy atom. The molecule has 20 heavy (non-hydrogen) atoms. The molecule has 0 aliphatic carbocycles. The second kappa shape index (κ2) is 6.83. The minimum absolute atomic E-state index is 0.00188. The van der Waals surface area contributed by atoms with Crippen LogP contribution in [-0.2, 0) is 16.1 Å². The maximum Gasteiger partial charge on any atom is 0.408 e. The fraction of sp³-hybridized carbons (Fsp3) is 0.385. The third-order valence-electron chi connectivity index (χ3n) is 2.58. The van der Waals surface area contributed by atoms with Gasteiger partial charge in [-0.1, -0.05) is 13.8 Å². The molecule has 0 aromatic heterocycles. The second-order valence-electron chi connectivity index (χ2n) is 4.52. The number of rotatable bonds is 5. The minimum atomic E-state index is -1.19. The number of hydrogen-bond acceptors (Lipinski definition) is 3. The van der Waals surface area contributed by atoms with Crippen molar-refractivity contribution in [2.24, 2.45) is 5.92 Å². The lowest BCUT2D eigenvalue weighted by Gasteiger charge is -2.17. The smallest absolute Gasteiger partial charge is 0.408 e. The largest absolute Gasteiger partial charge is 0.480 e. The average molecular weight is 287 g/mol. The standard InChI is InChI=1S/C13H15F2NO4/c1-7(2)11(12(17)18)16-13(19)20-6-8-3-4-9(14)5-10(8)15/h3-5,7,11H,6H2,1-2H3,(H,16,19)(H,17,18)/t11-/m0/s1. The van der Waals surface area contributed by atoms with Crippen molar-refractivity contribution < 1.29 is 28.2 Å². The molecule has 0 heterocycles. The van der Waals surface area contributed by atoms with Crippen LogP contribution in [0.3, 0.4) is 0 Å². The molecule has 2 N–H and O–H groups in total. The zero-order valence-corrected chi connectivity index (χ0v) is 11.0. The van der Waals surface area contributed by atoms with Gasteiger partial charge in [0.05, 0.1) is 0 Å². The van der Waals surface area contributed by atoms with Crippen LogP contribution in [0.4, 0.5) is 13.6 Å². The summed E-state index contributed by atoms with van der Waals surface area (Å²) >= 11 is 0. The Kier molecular flexibility index (Phi) is 5.42. The summed E-state index contributed by atoms with van der Waals surface area (Å²) in [7, 11) is 0. The second-order valence-corrected chi connectivity index (χ2v) is 4.52. The van der Waals surface area contributed by atoms with Crippen molar-refractivity contribution in [3.8, 4) is 0 Å². The van der Waals surface area contributed by atoms with Crippen LogP contribution in [-0.4, -0.2) is 23.2 Å². The van der Waals surface area contributed by atoms with Crippen LogP contribution >= 0.6 is 0 Å². The third-order valence-corrected chi connectivity index (χ3v) is 2.58. The van der Waals surface area contributed by atoms with Gasteiger partial charge in [-0.05, 0) is 18.1 Å². The quantitative estimate of drug-likeness (QED) is 0.871. The van der Waals surface area contributed by atoms with E-state index in [1.165, 1.54) is 0 Å². The fourth-order valence-corrected chi connectivity index (χ4v) is 1.46. The summed E-state index contributed by atoms with van der Waals surface area (Å²) in [6.45, 7) is 2.83. The van der Waals surface area contributed by atoms with Crippen LogP contribution in [0.5, 0.6) is 0 Å². The van der Waals surface area contributed by atoms with Gasteiger partial charge in [0, 0.05) is 11.6 Å². The highest BCUT2D eigenvalue weighted by Gasteiger charge is 2.24. The summed E-state index contributed by atoms with van der Waals surface area (Å²) in [6, 6.07) is 1.76. The number of nitrogens with one attached hydrogen (secondary N) is 1. The van der Waals surface area contributed by atoms with Crippen molar-refractivity contribution in [3.63, 3.8) is 0 Å². The highest BCUT2D eigenvalue weighted by atomic mass is 19.1. The van der Waals surface area contributed by atoms with Gasteiger partial charge in [-0.15, -0.1) is 0 Å². The summed E-state index contributed by atoms with van der Waals surface area (Å²) < 4.78 is 30.6. The summed E-state index contributed by atoms with van der Waals surface area (Å²) in [6.07, 6.45) is -0.977. The van der Waals surface area contributed by atoms with Crippen LogP contribution < -0.4 is 5.32 Å². The molecule has 0 radical (unpaired) electrons. The third kappa shape index (κ3) is 4.49. The molecule has 0 aliphatic rings. The molecule has 1 rings (SSSR count). The molecule has 0 spiro atoms. The summed E-state index contributed by atoms with van der Waals surface area (Å²) in [5, 5.41) is 11.0. The van der Waals surface area contributed by atoms with Gasteiger partial charge < -0.3 is 15.2 Å². The Morgan fingerprint density at radius 1 is 1.35 bits per heavy atom. The van der Waals surface area contributed by atoms with E-state index in [2.05, 4.69) is 5.32 Å². The Balaban J connectivity index is 2.57. The molecule has 1 aromatic rings. The zero-order chi connectivity index (χ0) is 15.3. The highest BCUT2D eigenvalue weighted by molar-refractivity contribution is 5.80. The molecule has 7 heteroatoms. The van der Waals surface area contributed by atoms with Crippen molar-refractivity contribution >= 4 is 12.1 Å². The van der Waals surface area contributed by atoms with Gasteiger partial charge in [0.15, 0.2) is 0 Å². The summed E-state index contributed by atoms with van der Waals surface area (Å²) in [4.78, 5) is 22.3. The van der Waals surface area contributed by atoms with Crippen LogP contribution in [0, 0.1) is 17.6 Å². The molecule has 0 bridgehead atoms. The van der Waals surface area contributed by atoms with E-state index in [0.29, 0.717) is 6.07 Å². The molecule has 110 valence electrons. The molecule has 0 fully saturated rings. The van der Waals surface area contributed by atoms with Crippen LogP contribution in [0.1, 0.15) is 19.4 Å². The number of benzene rings is 1. The van der Waals surface area contributed by atoms with E-state index >= 15 is 0 Å². The lowest BCUT2D eigenvalue weighted by molar-refractivity contribution is -0.140. The van der Waals surface area contributed by atoms with Crippen LogP contribution in [0.2, 0.25) is 0 Å². The lowest BCUT2D eigenvalue weighted by atomic mass is 10.1. The van der Waals surface area contributed by atoms with Crippen molar-refractivity contribution in [1.29, 1.82) is 0 Å². The molecule has 1 amide bonds. The van der Waals surface area contributed by atoms with E-state index < -0.39 is 36.3 Å². The summed E-state index contributed by atoms with van der Waals surface area (Å²) in [5.74, 6) is -3.09. The number of amides is 1. The van der Waals surface area contributed by atoms with Gasteiger partial charge >= 0.3 is 12.1 Å². The summed E-state index contributed by atoms with van der Waals surface area (Å²) in [5.41, 5.74) is -0.00188. The van der Waals surface area contributed by atoms with Gasteiger partial charge in [0.2, 0.25) is 0 Å². The zero-order valence-electron chi connectivity index (χ0n) is 11.0. The molecule has 1 atom stereocenters. The van der Waals surface area contributed by atoms with Crippen LogP contribution in [0.25, 0.3) is 0 Å². The fourth-order valence-electron chi connectivity index (χ4n) is 1.46. The first-order chi connectivity index (χ1) is 9.31. The Hall–Kier alpha value is -2.18. The molecular formula is C13H15F2NO4.